The summed E-state index contributed by atoms with van der Waals surface area (Å²) >= 11 is 4.94. The third-order valence-electron chi connectivity index (χ3n) is 2.62. The van der Waals surface area contributed by atoms with Gasteiger partial charge in [0.1, 0.15) is 11.5 Å². The Bertz CT molecular complexity index is 786. The normalized spacial score (nSPS) is 10.7. The van der Waals surface area contributed by atoms with Crippen LogP contribution in [-0.4, -0.2) is 9.91 Å². The molecule has 1 aromatic carbocycles. The van der Waals surface area contributed by atoms with Gasteiger partial charge in [-0.05, 0) is 34.1 Å². The van der Waals surface area contributed by atoms with Gasteiger partial charge in [0.15, 0.2) is 0 Å². The van der Waals surface area contributed by atoms with E-state index in [4.69, 9.17) is 4.74 Å². The molecule has 7 heteroatoms. The number of nitrogens with zero attached hydrogens (tertiary/aromatic N) is 2. The highest BCUT2D eigenvalue weighted by Crippen LogP contribution is 2.37. The van der Waals surface area contributed by atoms with Crippen molar-refractivity contribution in [1.82, 2.24) is 4.98 Å². The summed E-state index contributed by atoms with van der Waals surface area (Å²) in [5.41, 5.74) is 0.886. The van der Waals surface area contributed by atoms with Crippen LogP contribution in [-0.2, 0) is 0 Å². The van der Waals surface area contributed by atoms with Crippen LogP contribution < -0.4 is 4.74 Å². The molecule has 100 valence electrons. The molecule has 5 nitrogen and oxygen atoms in total. The van der Waals surface area contributed by atoms with Crippen molar-refractivity contribution in [2.24, 2.45) is 0 Å². The van der Waals surface area contributed by atoms with Gasteiger partial charge in [0.25, 0.3) is 5.69 Å². The van der Waals surface area contributed by atoms with Gasteiger partial charge in [-0.1, -0.05) is 0 Å². The van der Waals surface area contributed by atoms with E-state index in [1.54, 1.807) is 24.4 Å². The summed E-state index contributed by atoms with van der Waals surface area (Å²) in [6, 6.07) is 9.67. The lowest BCUT2D eigenvalue weighted by molar-refractivity contribution is -0.384. The lowest BCUT2D eigenvalue weighted by Crippen LogP contribution is -1.88. The van der Waals surface area contributed by atoms with Crippen LogP contribution in [0.5, 0.6) is 11.5 Å². The van der Waals surface area contributed by atoms with Crippen LogP contribution in [0.3, 0.4) is 0 Å². The molecule has 0 unspecified atom stereocenters. The number of fused-ring (bicyclic) bond motifs is 1. The van der Waals surface area contributed by atoms with Gasteiger partial charge in [0.05, 0.1) is 18.9 Å². The number of hydrogen-bond donors (Lipinski definition) is 0. The zero-order chi connectivity index (χ0) is 14.1. The van der Waals surface area contributed by atoms with Gasteiger partial charge in [0.2, 0.25) is 0 Å². The van der Waals surface area contributed by atoms with Crippen LogP contribution in [0.25, 0.3) is 10.2 Å². The van der Waals surface area contributed by atoms with E-state index in [1.165, 1.54) is 23.5 Å². The molecule has 3 rings (SSSR count). The van der Waals surface area contributed by atoms with E-state index in [2.05, 4.69) is 20.9 Å². The number of pyridine rings is 1. The molecule has 20 heavy (non-hydrogen) atoms. The molecule has 0 aliphatic rings. The predicted octanol–water partition coefficient (Wildman–Crippen LogP) is 4.76. The summed E-state index contributed by atoms with van der Waals surface area (Å²) in [5, 5.41) is 10.6. The third-order valence-corrected chi connectivity index (χ3v) is 4.26. The maximum atomic E-state index is 10.6. The van der Waals surface area contributed by atoms with Crippen LogP contribution in [0.1, 0.15) is 0 Å². The van der Waals surface area contributed by atoms with Gasteiger partial charge in [-0.15, -0.1) is 11.3 Å². The second-order valence-electron chi connectivity index (χ2n) is 3.93. The highest BCUT2D eigenvalue weighted by atomic mass is 79.9. The van der Waals surface area contributed by atoms with Gasteiger partial charge in [0, 0.05) is 24.4 Å². The summed E-state index contributed by atoms with van der Waals surface area (Å²) in [6.07, 6.45) is 1.67. The molecule has 0 atom stereocenters. The fourth-order valence-electron chi connectivity index (χ4n) is 1.73. The van der Waals surface area contributed by atoms with Crippen molar-refractivity contribution in [3.05, 3.63) is 56.5 Å². The monoisotopic (exact) mass is 350 g/mol. The van der Waals surface area contributed by atoms with Gasteiger partial charge >= 0.3 is 0 Å². The van der Waals surface area contributed by atoms with Gasteiger partial charge < -0.3 is 4.74 Å². The van der Waals surface area contributed by atoms with E-state index in [0.717, 1.165) is 14.0 Å². The van der Waals surface area contributed by atoms with Crippen LogP contribution in [0.15, 0.2) is 46.4 Å². The quantitative estimate of drug-likeness (QED) is 0.504. The van der Waals surface area contributed by atoms with Crippen molar-refractivity contribution in [1.29, 1.82) is 0 Å². The summed E-state index contributed by atoms with van der Waals surface area (Å²) in [6.45, 7) is 0. The van der Waals surface area contributed by atoms with Crippen molar-refractivity contribution in [2.75, 3.05) is 0 Å². The maximum absolute atomic E-state index is 10.6. The number of benzene rings is 1. The van der Waals surface area contributed by atoms with E-state index >= 15 is 0 Å². The Morgan fingerprint density at radius 2 is 2.00 bits per heavy atom. The minimum absolute atomic E-state index is 0.0380. The fourth-order valence-corrected chi connectivity index (χ4v) is 3.22. The number of rotatable bonds is 3. The van der Waals surface area contributed by atoms with Crippen LogP contribution >= 0.6 is 27.3 Å². The lowest BCUT2D eigenvalue weighted by atomic mass is 10.3. The number of nitro groups is 1. The number of hydrogen-bond acceptors (Lipinski definition) is 5. The average molecular weight is 351 g/mol. The fraction of sp³-hybridized carbons (Fsp3) is 0. The molecule has 0 bridgehead atoms. The number of aromatic nitrogens is 1. The molecule has 0 amide bonds. The number of halogens is 1. The first-order valence-corrected chi connectivity index (χ1v) is 7.21. The molecule has 0 saturated heterocycles. The van der Waals surface area contributed by atoms with Crippen LogP contribution in [0.4, 0.5) is 5.69 Å². The van der Waals surface area contributed by atoms with Crippen molar-refractivity contribution in [2.45, 2.75) is 0 Å². The lowest BCUT2D eigenvalue weighted by Gasteiger charge is -2.05. The molecule has 0 radical (unpaired) electrons. The summed E-state index contributed by atoms with van der Waals surface area (Å²) < 4.78 is 7.67. The third kappa shape index (κ3) is 2.50. The second kappa shape index (κ2) is 5.18. The molecule has 0 N–H and O–H groups in total. The number of ether oxygens (including phenoxy) is 1. The molecule has 2 aromatic heterocycles. The van der Waals surface area contributed by atoms with Crippen LogP contribution in [0, 0.1) is 10.1 Å². The molecule has 3 aromatic rings. The minimum atomic E-state index is -0.440. The Morgan fingerprint density at radius 3 is 2.70 bits per heavy atom. The smallest absolute Gasteiger partial charge is 0.269 e. The highest BCUT2D eigenvalue weighted by molar-refractivity contribution is 9.11. The van der Waals surface area contributed by atoms with Gasteiger partial charge in [-0.3, -0.25) is 15.1 Å². The van der Waals surface area contributed by atoms with Crippen molar-refractivity contribution < 1.29 is 9.66 Å². The standard InChI is InChI=1S/C13H7BrN2O3S/c14-12-7-10-13(20-12)11(5-6-15-10)19-9-3-1-8(2-4-9)16(17)18/h1-7H. The van der Waals surface area contributed by atoms with Gasteiger partial charge in [-0.2, -0.15) is 0 Å². The summed E-state index contributed by atoms with van der Waals surface area (Å²) in [4.78, 5) is 14.4. The van der Waals surface area contributed by atoms with Crippen molar-refractivity contribution >= 4 is 43.2 Å². The van der Waals surface area contributed by atoms with E-state index in [9.17, 15) is 10.1 Å². The molecular weight excluding hydrogens is 344 g/mol. The molecule has 0 saturated carbocycles. The first-order valence-electron chi connectivity index (χ1n) is 5.60. The topological polar surface area (TPSA) is 65.3 Å². The van der Waals surface area contributed by atoms with Crippen molar-refractivity contribution in [3.63, 3.8) is 0 Å². The molecule has 0 fully saturated rings. The number of nitro benzene ring substituents is 1. The Labute approximate surface area is 126 Å². The zero-order valence-corrected chi connectivity index (χ0v) is 12.3. The summed E-state index contributed by atoms with van der Waals surface area (Å²) in [5.74, 6) is 1.23. The predicted molar refractivity (Wildman–Crippen MR) is 80.5 cm³/mol. The highest BCUT2D eigenvalue weighted by Gasteiger charge is 2.09. The van der Waals surface area contributed by atoms with Gasteiger partial charge in [-0.25, -0.2) is 0 Å². The minimum Gasteiger partial charge on any atom is -0.456 e. The Morgan fingerprint density at radius 1 is 1.25 bits per heavy atom. The molecule has 2 heterocycles. The molecule has 0 aliphatic heterocycles. The Balaban J connectivity index is 1.94. The first kappa shape index (κ1) is 13.0. The van der Waals surface area contributed by atoms with E-state index in [-0.39, 0.29) is 5.69 Å². The Kier molecular flexibility index (Phi) is 3.37. The first-order chi connectivity index (χ1) is 9.63. The largest absolute Gasteiger partial charge is 0.456 e. The zero-order valence-electron chi connectivity index (χ0n) is 9.95. The number of non-ortho nitro benzene ring substituents is 1. The van der Waals surface area contributed by atoms with E-state index < -0.39 is 4.92 Å². The number of thiophene rings is 1. The average Bonchev–Trinajstić information content (AvgIpc) is 2.81. The molecule has 0 spiro atoms. The summed E-state index contributed by atoms with van der Waals surface area (Å²) in [7, 11) is 0. The maximum Gasteiger partial charge on any atom is 0.269 e. The second-order valence-corrected chi connectivity index (χ2v) is 6.36. The molecular formula is C13H7BrN2O3S. The van der Waals surface area contributed by atoms with E-state index in [1.807, 2.05) is 6.07 Å². The SMILES string of the molecule is O=[N+]([O-])c1ccc(Oc2ccnc3cc(Br)sc23)cc1. The van der Waals surface area contributed by atoms with E-state index in [0.29, 0.717) is 11.5 Å². The molecule has 0 aliphatic carbocycles. The Hall–Kier alpha value is -1.99. The van der Waals surface area contributed by atoms with Crippen molar-refractivity contribution in [3.8, 4) is 11.5 Å². The van der Waals surface area contributed by atoms with Crippen LogP contribution in [0.2, 0.25) is 0 Å².